The molecule has 0 atom stereocenters. The maximum Gasteiger partial charge on any atom is 0.156 e. The van der Waals surface area contributed by atoms with Gasteiger partial charge in [0.15, 0.2) is 5.75 Å². The van der Waals surface area contributed by atoms with Crippen LogP contribution in [-0.2, 0) is 13.2 Å². The lowest BCUT2D eigenvalue weighted by Crippen LogP contribution is -2.03. The van der Waals surface area contributed by atoms with Crippen LogP contribution in [0.4, 0.5) is 5.69 Å². The molecular formula is C14H15BrClNO3. The van der Waals surface area contributed by atoms with E-state index in [4.69, 9.17) is 25.9 Å². The molecule has 0 aliphatic carbocycles. The lowest BCUT2D eigenvalue weighted by Gasteiger charge is -2.14. The van der Waals surface area contributed by atoms with Crippen LogP contribution in [0.2, 0.25) is 5.02 Å². The lowest BCUT2D eigenvalue weighted by molar-refractivity contribution is 0.244. The molecule has 0 unspecified atom stereocenters. The first kappa shape index (κ1) is 15.2. The molecule has 0 bridgehead atoms. The third-order valence-corrected chi connectivity index (χ3v) is 3.43. The maximum absolute atomic E-state index is 8.97. The molecule has 0 radical (unpaired) electrons. The van der Waals surface area contributed by atoms with Crippen LogP contribution in [0.25, 0.3) is 0 Å². The summed E-state index contributed by atoms with van der Waals surface area (Å²) in [5.74, 6) is 1.98. The SMILES string of the molecule is CCOc1c(Br)cc(Cl)cc1NCc1ccc(CO)o1. The van der Waals surface area contributed by atoms with Crippen LogP contribution in [-0.4, -0.2) is 11.7 Å². The molecular weight excluding hydrogens is 346 g/mol. The van der Waals surface area contributed by atoms with Crippen LogP contribution in [0.5, 0.6) is 5.75 Å². The van der Waals surface area contributed by atoms with Gasteiger partial charge in [0.05, 0.1) is 23.3 Å². The molecule has 0 fully saturated rings. The molecule has 4 nitrogen and oxygen atoms in total. The number of anilines is 1. The van der Waals surface area contributed by atoms with Gasteiger partial charge in [0.25, 0.3) is 0 Å². The molecule has 2 rings (SSSR count). The van der Waals surface area contributed by atoms with Crippen molar-refractivity contribution in [3.63, 3.8) is 0 Å². The Balaban J connectivity index is 2.15. The Kier molecular flexibility index (Phi) is 5.34. The number of aliphatic hydroxyl groups is 1. The summed E-state index contributed by atoms with van der Waals surface area (Å²) in [4.78, 5) is 0. The predicted molar refractivity (Wildman–Crippen MR) is 82.3 cm³/mol. The summed E-state index contributed by atoms with van der Waals surface area (Å²) < 4.78 is 11.8. The average molecular weight is 361 g/mol. The minimum Gasteiger partial charge on any atom is -0.491 e. The molecule has 0 aliphatic rings. The van der Waals surface area contributed by atoms with Crippen molar-refractivity contribution in [1.29, 1.82) is 0 Å². The monoisotopic (exact) mass is 359 g/mol. The average Bonchev–Trinajstić information content (AvgIpc) is 2.88. The van der Waals surface area contributed by atoms with E-state index in [1.807, 2.05) is 13.0 Å². The van der Waals surface area contributed by atoms with Crippen LogP contribution in [0.3, 0.4) is 0 Å². The highest BCUT2D eigenvalue weighted by Crippen LogP contribution is 2.36. The van der Waals surface area contributed by atoms with Crippen LogP contribution in [0.15, 0.2) is 33.2 Å². The molecule has 2 aromatic rings. The third-order valence-electron chi connectivity index (χ3n) is 2.62. The zero-order chi connectivity index (χ0) is 14.5. The third kappa shape index (κ3) is 3.69. The Hall–Kier alpha value is -1.17. The molecule has 0 spiro atoms. The number of benzene rings is 1. The molecule has 6 heteroatoms. The van der Waals surface area contributed by atoms with Gasteiger partial charge in [-0.25, -0.2) is 0 Å². The van der Waals surface area contributed by atoms with Crippen molar-refractivity contribution in [3.05, 3.63) is 45.3 Å². The largest absolute Gasteiger partial charge is 0.491 e. The van der Waals surface area contributed by atoms with E-state index in [9.17, 15) is 0 Å². The first-order chi connectivity index (χ1) is 9.63. The summed E-state index contributed by atoms with van der Waals surface area (Å²) in [5, 5.41) is 12.8. The highest BCUT2D eigenvalue weighted by molar-refractivity contribution is 9.10. The molecule has 0 saturated carbocycles. The van der Waals surface area contributed by atoms with Gasteiger partial charge in [-0.2, -0.15) is 0 Å². The summed E-state index contributed by atoms with van der Waals surface area (Å²) in [6, 6.07) is 7.15. The van der Waals surface area contributed by atoms with Crippen molar-refractivity contribution in [1.82, 2.24) is 0 Å². The van der Waals surface area contributed by atoms with Crippen LogP contribution >= 0.6 is 27.5 Å². The van der Waals surface area contributed by atoms with Gasteiger partial charge in [0, 0.05) is 5.02 Å². The Labute approximate surface area is 130 Å². The van der Waals surface area contributed by atoms with Gasteiger partial charge in [-0.1, -0.05) is 11.6 Å². The van der Waals surface area contributed by atoms with Gasteiger partial charge in [-0.15, -0.1) is 0 Å². The van der Waals surface area contributed by atoms with Gasteiger partial charge < -0.3 is 19.6 Å². The number of nitrogens with one attached hydrogen (secondary N) is 1. The minimum atomic E-state index is -0.104. The highest BCUT2D eigenvalue weighted by Gasteiger charge is 2.11. The van der Waals surface area contributed by atoms with Gasteiger partial charge in [-0.05, 0) is 47.1 Å². The van der Waals surface area contributed by atoms with Crippen LogP contribution in [0.1, 0.15) is 18.4 Å². The Morgan fingerprint density at radius 3 is 2.75 bits per heavy atom. The first-order valence-corrected chi connectivity index (χ1v) is 7.35. The predicted octanol–water partition coefficient (Wildman–Crippen LogP) is 4.20. The maximum atomic E-state index is 8.97. The lowest BCUT2D eigenvalue weighted by atomic mass is 10.3. The van der Waals surface area contributed by atoms with E-state index in [1.54, 1.807) is 18.2 Å². The number of ether oxygens (including phenoxy) is 1. The van der Waals surface area contributed by atoms with Gasteiger partial charge in [-0.3, -0.25) is 0 Å². The zero-order valence-electron chi connectivity index (χ0n) is 11.0. The summed E-state index contributed by atoms with van der Waals surface area (Å²) in [6.07, 6.45) is 0. The molecule has 1 aromatic carbocycles. The van der Waals surface area contributed by atoms with E-state index in [0.29, 0.717) is 29.7 Å². The molecule has 1 heterocycles. The summed E-state index contributed by atoms with van der Waals surface area (Å²) >= 11 is 9.48. The summed E-state index contributed by atoms with van der Waals surface area (Å²) in [5.41, 5.74) is 0.785. The van der Waals surface area contributed by atoms with E-state index in [2.05, 4.69) is 21.2 Å². The molecule has 1 aromatic heterocycles. The fourth-order valence-corrected chi connectivity index (χ4v) is 2.69. The molecule has 20 heavy (non-hydrogen) atoms. The number of furan rings is 1. The number of halogens is 2. The van der Waals surface area contributed by atoms with Crippen molar-refractivity contribution >= 4 is 33.2 Å². The standard InChI is InChI=1S/C14H15BrClNO3/c1-2-19-14-12(15)5-9(16)6-13(14)17-7-10-3-4-11(8-18)20-10/h3-6,17-18H,2,7-8H2,1H3. The molecule has 2 N–H and O–H groups in total. The van der Waals surface area contributed by atoms with Gasteiger partial charge in [0.2, 0.25) is 0 Å². The van der Waals surface area contributed by atoms with Gasteiger partial charge >= 0.3 is 0 Å². The van der Waals surface area contributed by atoms with Crippen molar-refractivity contribution < 1.29 is 14.3 Å². The van der Waals surface area contributed by atoms with Crippen molar-refractivity contribution in [2.45, 2.75) is 20.1 Å². The number of hydrogen-bond donors (Lipinski definition) is 2. The highest BCUT2D eigenvalue weighted by atomic mass is 79.9. The van der Waals surface area contributed by atoms with Crippen LogP contribution in [0, 0.1) is 0 Å². The zero-order valence-corrected chi connectivity index (χ0v) is 13.3. The Morgan fingerprint density at radius 1 is 1.35 bits per heavy atom. The van der Waals surface area contributed by atoms with Gasteiger partial charge in [0.1, 0.15) is 18.1 Å². The molecule has 0 aliphatic heterocycles. The van der Waals surface area contributed by atoms with E-state index in [1.165, 1.54) is 0 Å². The quantitative estimate of drug-likeness (QED) is 0.810. The number of aliphatic hydroxyl groups excluding tert-OH is 1. The second-order valence-corrected chi connectivity index (χ2v) is 5.37. The van der Waals surface area contributed by atoms with E-state index in [0.717, 1.165) is 15.9 Å². The molecule has 0 amide bonds. The van der Waals surface area contributed by atoms with Crippen molar-refractivity contribution in [2.24, 2.45) is 0 Å². The summed E-state index contributed by atoms with van der Waals surface area (Å²) in [6.45, 7) is 2.86. The topological polar surface area (TPSA) is 54.6 Å². The Morgan fingerprint density at radius 2 is 2.10 bits per heavy atom. The normalized spacial score (nSPS) is 10.6. The summed E-state index contributed by atoms with van der Waals surface area (Å²) in [7, 11) is 0. The van der Waals surface area contributed by atoms with Crippen LogP contribution < -0.4 is 10.1 Å². The minimum absolute atomic E-state index is 0.104. The fraction of sp³-hybridized carbons (Fsp3) is 0.286. The number of hydrogen-bond acceptors (Lipinski definition) is 4. The van der Waals surface area contributed by atoms with E-state index >= 15 is 0 Å². The number of rotatable bonds is 6. The van der Waals surface area contributed by atoms with E-state index < -0.39 is 0 Å². The first-order valence-electron chi connectivity index (χ1n) is 6.18. The molecule has 108 valence electrons. The second-order valence-electron chi connectivity index (χ2n) is 4.08. The molecule has 0 saturated heterocycles. The smallest absolute Gasteiger partial charge is 0.156 e. The fourth-order valence-electron chi connectivity index (χ4n) is 1.77. The second kappa shape index (κ2) is 7.02. The van der Waals surface area contributed by atoms with Crippen molar-refractivity contribution in [2.75, 3.05) is 11.9 Å². The Bertz CT molecular complexity index is 586. The van der Waals surface area contributed by atoms with Crippen molar-refractivity contribution in [3.8, 4) is 5.75 Å². The van der Waals surface area contributed by atoms with E-state index in [-0.39, 0.29) is 6.61 Å².